The molecule has 0 amide bonds. The molecule has 0 rings (SSSR count). The first-order valence-electron chi connectivity index (χ1n) is 4.24. The predicted molar refractivity (Wildman–Crippen MR) is 54.0 cm³/mol. The van der Waals surface area contributed by atoms with Gasteiger partial charge in [0, 0.05) is 0 Å². The summed E-state index contributed by atoms with van der Waals surface area (Å²) in [6.07, 6.45) is 1.00. The number of ether oxygens (including phenoxy) is 1. The van der Waals surface area contributed by atoms with E-state index in [9.17, 15) is 8.42 Å². The van der Waals surface area contributed by atoms with E-state index in [1.54, 1.807) is 33.8 Å². The third-order valence-electron chi connectivity index (χ3n) is 1.56. The fraction of sp³-hybridized carbons (Fsp3) is 0.667. The summed E-state index contributed by atoms with van der Waals surface area (Å²) in [6.45, 7) is 6.68. The van der Waals surface area contributed by atoms with Crippen LogP contribution in [0.1, 0.15) is 27.7 Å². The first-order valence-corrected chi connectivity index (χ1v) is 5.72. The van der Waals surface area contributed by atoms with Gasteiger partial charge in [0.25, 0.3) is 0 Å². The lowest BCUT2D eigenvalue weighted by molar-refractivity contribution is 0.268. The van der Waals surface area contributed by atoms with E-state index in [2.05, 4.69) is 0 Å². The molecule has 0 aromatic heterocycles. The number of sulfone groups is 1. The van der Waals surface area contributed by atoms with Gasteiger partial charge in [-0.2, -0.15) is 5.26 Å². The summed E-state index contributed by atoms with van der Waals surface area (Å²) < 4.78 is 27.3. The van der Waals surface area contributed by atoms with Crippen LogP contribution in [0.4, 0.5) is 0 Å². The van der Waals surface area contributed by atoms with Crippen LogP contribution < -0.4 is 0 Å². The maximum absolute atomic E-state index is 11.7. The standard InChI is InChI=1S/C9H15NO3S/c1-5-13-7-8(6-10)14(11,12)9(2,3)4/h7H,5H2,1-4H3/b8-7+. The molecule has 80 valence electrons. The Bertz CT molecular complexity index is 354. The van der Waals surface area contributed by atoms with E-state index in [0.717, 1.165) is 6.26 Å². The second-order valence-electron chi connectivity index (χ2n) is 3.67. The van der Waals surface area contributed by atoms with E-state index in [4.69, 9.17) is 10.00 Å². The number of hydrogen-bond acceptors (Lipinski definition) is 4. The molecule has 0 atom stereocenters. The maximum Gasteiger partial charge on any atom is 0.196 e. The van der Waals surface area contributed by atoms with E-state index < -0.39 is 14.6 Å². The fourth-order valence-corrected chi connectivity index (χ4v) is 1.61. The smallest absolute Gasteiger partial charge is 0.196 e. The lowest BCUT2D eigenvalue weighted by Gasteiger charge is -2.17. The van der Waals surface area contributed by atoms with E-state index in [-0.39, 0.29) is 4.91 Å². The highest BCUT2D eigenvalue weighted by Gasteiger charge is 2.33. The average Bonchev–Trinajstić information content (AvgIpc) is 2.03. The molecule has 0 radical (unpaired) electrons. The molecule has 14 heavy (non-hydrogen) atoms. The van der Waals surface area contributed by atoms with Crippen molar-refractivity contribution in [1.82, 2.24) is 0 Å². The van der Waals surface area contributed by atoms with Gasteiger partial charge in [0.1, 0.15) is 12.3 Å². The van der Waals surface area contributed by atoms with Crippen LogP contribution in [0.15, 0.2) is 11.2 Å². The normalized spacial score (nSPS) is 13.5. The number of nitriles is 1. The zero-order valence-electron chi connectivity index (χ0n) is 8.86. The molecule has 0 aromatic rings. The molecule has 0 heterocycles. The van der Waals surface area contributed by atoms with Crippen LogP contribution >= 0.6 is 0 Å². The van der Waals surface area contributed by atoms with Crippen LogP contribution in [0.5, 0.6) is 0 Å². The second kappa shape index (κ2) is 4.47. The largest absolute Gasteiger partial charge is 0.499 e. The molecule has 0 aliphatic rings. The van der Waals surface area contributed by atoms with E-state index >= 15 is 0 Å². The van der Waals surface area contributed by atoms with Crippen molar-refractivity contribution < 1.29 is 13.2 Å². The second-order valence-corrected chi connectivity index (χ2v) is 6.34. The lowest BCUT2D eigenvalue weighted by Crippen LogP contribution is -2.28. The Morgan fingerprint density at radius 1 is 1.50 bits per heavy atom. The van der Waals surface area contributed by atoms with Gasteiger partial charge in [-0.05, 0) is 27.7 Å². The Balaban J connectivity index is 5.20. The summed E-state index contributed by atoms with van der Waals surface area (Å²) in [7, 11) is -3.59. The predicted octanol–water partition coefficient (Wildman–Crippen LogP) is 1.60. The topological polar surface area (TPSA) is 67.2 Å². The summed E-state index contributed by atoms with van der Waals surface area (Å²) >= 11 is 0. The van der Waals surface area contributed by atoms with Crippen molar-refractivity contribution in [2.75, 3.05) is 6.61 Å². The molecule has 0 saturated carbocycles. The van der Waals surface area contributed by atoms with Crippen molar-refractivity contribution in [2.24, 2.45) is 0 Å². The Hall–Kier alpha value is -1.02. The van der Waals surface area contributed by atoms with Gasteiger partial charge < -0.3 is 4.74 Å². The maximum atomic E-state index is 11.7. The lowest BCUT2D eigenvalue weighted by atomic mass is 10.3. The molecule has 0 saturated heterocycles. The summed E-state index contributed by atoms with van der Waals surface area (Å²) in [6, 6.07) is 1.63. The monoisotopic (exact) mass is 217 g/mol. The van der Waals surface area contributed by atoms with Crippen LogP contribution in [0.25, 0.3) is 0 Å². The highest BCUT2D eigenvalue weighted by molar-refractivity contribution is 7.96. The van der Waals surface area contributed by atoms with Crippen molar-refractivity contribution in [1.29, 1.82) is 5.26 Å². The van der Waals surface area contributed by atoms with Crippen LogP contribution in [0, 0.1) is 11.3 Å². The summed E-state index contributed by atoms with van der Waals surface area (Å²) in [5, 5.41) is 8.67. The minimum absolute atomic E-state index is 0.327. The van der Waals surface area contributed by atoms with Crippen molar-refractivity contribution in [2.45, 2.75) is 32.4 Å². The van der Waals surface area contributed by atoms with Gasteiger partial charge in [0.2, 0.25) is 0 Å². The summed E-state index contributed by atoms with van der Waals surface area (Å²) in [5.41, 5.74) is 0. The van der Waals surface area contributed by atoms with Gasteiger partial charge in [0.15, 0.2) is 14.7 Å². The number of allylic oxidation sites excluding steroid dienone is 1. The quantitative estimate of drug-likeness (QED) is 0.532. The van der Waals surface area contributed by atoms with Gasteiger partial charge in [-0.15, -0.1) is 0 Å². The third-order valence-corrected chi connectivity index (χ3v) is 3.94. The van der Waals surface area contributed by atoms with Crippen molar-refractivity contribution in [3.05, 3.63) is 11.2 Å². The van der Waals surface area contributed by atoms with Crippen molar-refractivity contribution >= 4 is 9.84 Å². The van der Waals surface area contributed by atoms with Gasteiger partial charge in [0.05, 0.1) is 11.4 Å². The first kappa shape index (κ1) is 13.0. The van der Waals surface area contributed by atoms with E-state index in [1.807, 2.05) is 0 Å². The minimum Gasteiger partial charge on any atom is -0.499 e. The Morgan fingerprint density at radius 3 is 2.29 bits per heavy atom. The van der Waals surface area contributed by atoms with Gasteiger partial charge >= 0.3 is 0 Å². The van der Waals surface area contributed by atoms with Crippen LogP contribution in [-0.4, -0.2) is 19.8 Å². The number of nitrogens with zero attached hydrogens (tertiary/aromatic N) is 1. The zero-order valence-corrected chi connectivity index (χ0v) is 9.68. The van der Waals surface area contributed by atoms with Crippen LogP contribution in [-0.2, 0) is 14.6 Å². The molecule has 0 bridgehead atoms. The molecular weight excluding hydrogens is 202 g/mol. The molecule has 0 fully saturated rings. The van der Waals surface area contributed by atoms with Gasteiger partial charge in [-0.1, -0.05) is 0 Å². The fourth-order valence-electron chi connectivity index (χ4n) is 0.639. The number of hydrogen-bond donors (Lipinski definition) is 0. The highest BCUT2D eigenvalue weighted by Crippen LogP contribution is 2.22. The molecule has 0 N–H and O–H groups in total. The third kappa shape index (κ3) is 2.74. The van der Waals surface area contributed by atoms with Gasteiger partial charge in [-0.3, -0.25) is 0 Å². The van der Waals surface area contributed by atoms with Crippen molar-refractivity contribution in [3.63, 3.8) is 0 Å². The van der Waals surface area contributed by atoms with E-state index in [0.29, 0.717) is 6.61 Å². The average molecular weight is 217 g/mol. The van der Waals surface area contributed by atoms with Crippen molar-refractivity contribution in [3.8, 4) is 6.07 Å². The minimum atomic E-state index is -3.59. The molecule has 0 spiro atoms. The molecule has 0 unspecified atom stereocenters. The SMILES string of the molecule is CCO/C=C(\C#N)S(=O)(=O)C(C)(C)C. The zero-order chi connectivity index (χ0) is 11.4. The summed E-state index contributed by atoms with van der Waals surface area (Å²) in [4.78, 5) is -0.327. The van der Waals surface area contributed by atoms with Gasteiger partial charge in [-0.25, -0.2) is 8.42 Å². The Labute approximate surface area is 85.1 Å². The molecular formula is C9H15NO3S. The Morgan fingerprint density at radius 2 is 2.00 bits per heavy atom. The highest BCUT2D eigenvalue weighted by atomic mass is 32.2. The molecule has 5 heteroatoms. The molecule has 0 aliphatic heterocycles. The summed E-state index contributed by atoms with van der Waals surface area (Å²) in [5.74, 6) is 0. The van der Waals surface area contributed by atoms with Crippen LogP contribution in [0.2, 0.25) is 0 Å². The number of rotatable bonds is 3. The van der Waals surface area contributed by atoms with E-state index in [1.165, 1.54) is 0 Å². The Kier molecular flexibility index (Phi) is 4.14. The molecule has 0 aromatic carbocycles. The first-order chi connectivity index (χ1) is 6.27. The molecule has 0 aliphatic carbocycles. The molecule has 4 nitrogen and oxygen atoms in total. The van der Waals surface area contributed by atoms with Crippen LogP contribution in [0.3, 0.4) is 0 Å².